The number of furan rings is 1. The number of anilines is 1. The van der Waals surface area contributed by atoms with Crippen LogP contribution in [0.2, 0.25) is 0 Å². The molecule has 0 saturated heterocycles. The van der Waals surface area contributed by atoms with E-state index < -0.39 is 11.2 Å². The van der Waals surface area contributed by atoms with Crippen LogP contribution in [0.5, 0.6) is 5.75 Å². The predicted molar refractivity (Wildman–Crippen MR) is 108 cm³/mol. The number of aromatic nitrogens is 4. The van der Waals surface area contributed by atoms with Crippen LogP contribution in [0.3, 0.4) is 0 Å². The Hall–Kier alpha value is -3.75. The lowest BCUT2D eigenvalue weighted by molar-refractivity contribution is 0.414. The van der Waals surface area contributed by atoms with Crippen LogP contribution in [0.25, 0.3) is 11.2 Å². The Morgan fingerprint density at radius 2 is 1.86 bits per heavy atom. The maximum Gasteiger partial charge on any atom is 0.332 e. The molecule has 0 bridgehead atoms. The molecule has 0 radical (unpaired) electrons. The van der Waals surface area contributed by atoms with Crippen molar-refractivity contribution in [1.82, 2.24) is 18.7 Å². The first-order valence-corrected chi connectivity index (χ1v) is 9.05. The molecule has 0 unspecified atom stereocenters. The number of nitrogens with zero attached hydrogens (tertiary/aromatic N) is 4. The first-order chi connectivity index (χ1) is 14.0. The average Bonchev–Trinajstić information content (AvgIpc) is 3.38. The Morgan fingerprint density at radius 1 is 1.10 bits per heavy atom. The van der Waals surface area contributed by atoms with E-state index in [1.54, 1.807) is 31.1 Å². The highest BCUT2D eigenvalue weighted by Crippen LogP contribution is 2.20. The van der Waals surface area contributed by atoms with E-state index in [1.807, 2.05) is 30.3 Å². The summed E-state index contributed by atoms with van der Waals surface area (Å²) < 4.78 is 14.8. The quantitative estimate of drug-likeness (QED) is 0.534. The van der Waals surface area contributed by atoms with Crippen LogP contribution >= 0.6 is 0 Å². The second-order valence-corrected chi connectivity index (χ2v) is 6.68. The number of hydrogen-bond donors (Lipinski definition) is 1. The van der Waals surface area contributed by atoms with Gasteiger partial charge in [0.1, 0.15) is 11.5 Å². The molecule has 4 aromatic rings. The maximum atomic E-state index is 12.9. The maximum absolute atomic E-state index is 12.9. The number of benzene rings is 1. The summed E-state index contributed by atoms with van der Waals surface area (Å²) in [5.41, 5.74) is 0.826. The standard InChI is InChI=1S/C20H21N5O4/c1-23-17-16(18(26)24(2)20(23)27)25(12-13-6-8-14(28-3)9-7-13)19(22-17)21-11-15-5-4-10-29-15/h4-10H,11-12H2,1-3H3,(H,21,22). The minimum Gasteiger partial charge on any atom is -0.497 e. The topological polar surface area (TPSA) is 96.2 Å². The molecule has 4 rings (SSSR count). The zero-order chi connectivity index (χ0) is 20.5. The molecular formula is C20H21N5O4. The number of ether oxygens (including phenoxy) is 1. The normalized spacial score (nSPS) is 11.1. The highest BCUT2D eigenvalue weighted by Gasteiger charge is 2.19. The molecule has 0 saturated carbocycles. The third kappa shape index (κ3) is 3.31. The lowest BCUT2D eigenvalue weighted by Gasteiger charge is -2.11. The van der Waals surface area contributed by atoms with E-state index in [2.05, 4.69) is 10.3 Å². The van der Waals surface area contributed by atoms with Crippen LogP contribution < -0.4 is 21.3 Å². The van der Waals surface area contributed by atoms with Crippen molar-refractivity contribution < 1.29 is 9.15 Å². The summed E-state index contributed by atoms with van der Waals surface area (Å²) in [6.07, 6.45) is 1.59. The molecule has 3 heterocycles. The molecule has 150 valence electrons. The number of hydrogen-bond acceptors (Lipinski definition) is 6. The van der Waals surface area contributed by atoms with E-state index in [9.17, 15) is 9.59 Å². The first-order valence-electron chi connectivity index (χ1n) is 9.05. The third-order valence-corrected chi connectivity index (χ3v) is 4.85. The van der Waals surface area contributed by atoms with Gasteiger partial charge < -0.3 is 14.5 Å². The summed E-state index contributed by atoms with van der Waals surface area (Å²) in [6, 6.07) is 11.2. The second kappa shape index (κ2) is 7.34. The lowest BCUT2D eigenvalue weighted by atomic mass is 10.2. The van der Waals surface area contributed by atoms with E-state index in [-0.39, 0.29) is 0 Å². The van der Waals surface area contributed by atoms with Crippen LogP contribution in [-0.4, -0.2) is 25.8 Å². The van der Waals surface area contributed by atoms with Crippen LogP contribution in [0.4, 0.5) is 5.95 Å². The Morgan fingerprint density at radius 3 is 2.52 bits per heavy atom. The fourth-order valence-corrected chi connectivity index (χ4v) is 3.23. The van der Waals surface area contributed by atoms with Gasteiger partial charge in [0.05, 0.1) is 26.5 Å². The third-order valence-electron chi connectivity index (χ3n) is 4.85. The van der Waals surface area contributed by atoms with Crippen molar-refractivity contribution in [2.45, 2.75) is 13.1 Å². The van der Waals surface area contributed by atoms with Gasteiger partial charge in [0.15, 0.2) is 11.2 Å². The molecule has 0 fully saturated rings. The Labute approximate surface area is 165 Å². The summed E-state index contributed by atoms with van der Waals surface area (Å²) in [5, 5.41) is 3.21. The molecule has 0 aliphatic heterocycles. The Balaban J connectivity index is 1.84. The molecule has 9 nitrogen and oxygen atoms in total. The molecule has 1 aromatic carbocycles. The van der Waals surface area contributed by atoms with Gasteiger partial charge in [0.25, 0.3) is 5.56 Å². The molecule has 0 amide bonds. The number of fused-ring (bicyclic) bond motifs is 1. The lowest BCUT2D eigenvalue weighted by Crippen LogP contribution is -2.37. The van der Waals surface area contributed by atoms with E-state index >= 15 is 0 Å². The molecule has 0 atom stereocenters. The fraction of sp³-hybridized carbons (Fsp3) is 0.250. The van der Waals surface area contributed by atoms with Gasteiger partial charge in [-0.05, 0) is 29.8 Å². The van der Waals surface area contributed by atoms with Crippen LogP contribution in [0.15, 0.2) is 56.7 Å². The largest absolute Gasteiger partial charge is 0.497 e. The summed E-state index contributed by atoms with van der Waals surface area (Å²) >= 11 is 0. The van der Waals surface area contributed by atoms with Crippen molar-refractivity contribution in [3.63, 3.8) is 0 Å². The average molecular weight is 395 g/mol. The van der Waals surface area contributed by atoms with Gasteiger partial charge in [-0.25, -0.2) is 4.79 Å². The van der Waals surface area contributed by atoms with E-state index in [1.165, 1.54) is 11.6 Å². The first kappa shape index (κ1) is 18.6. The molecule has 29 heavy (non-hydrogen) atoms. The van der Waals surface area contributed by atoms with E-state index in [0.29, 0.717) is 30.2 Å². The molecule has 0 aliphatic rings. The highest BCUT2D eigenvalue weighted by molar-refractivity contribution is 5.74. The highest BCUT2D eigenvalue weighted by atomic mass is 16.5. The second-order valence-electron chi connectivity index (χ2n) is 6.68. The van der Waals surface area contributed by atoms with Crippen LogP contribution in [0, 0.1) is 0 Å². The zero-order valence-electron chi connectivity index (χ0n) is 16.4. The molecule has 0 aliphatic carbocycles. The molecule has 9 heteroatoms. The van der Waals surface area contributed by atoms with Crippen molar-refractivity contribution in [1.29, 1.82) is 0 Å². The fourth-order valence-electron chi connectivity index (χ4n) is 3.23. The smallest absolute Gasteiger partial charge is 0.332 e. The van der Waals surface area contributed by atoms with Gasteiger partial charge in [-0.3, -0.25) is 18.5 Å². The van der Waals surface area contributed by atoms with Crippen molar-refractivity contribution in [3.05, 3.63) is 74.8 Å². The number of imidazole rings is 1. The van der Waals surface area contributed by atoms with Gasteiger partial charge in [0, 0.05) is 14.1 Å². The van der Waals surface area contributed by atoms with Gasteiger partial charge in [-0.2, -0.15) is 4.98 Å². The summed E-state index contributed by atoms with van der Waals surface area (Å²) in [7, 11) is 4.68. The summed E-state index contributed by atoms with van der Waals surface area (Å²) in [5.74, 6) is 1.96. The SMILES string of the molecule is COc1ccc(Cn2c(NCc3ccco3)nc3c2c(=O)n(C)c(=O)n3C)cc1. The van der Waals surface area contributed by atoms with Crippen molar-refractivity contribution in [2.24, 2.45) is 14.1 Å². The van der Waals surface area contributed by atoms with Gasteiger partial charge >= 0.3 is 5.69 Å². The van der Waals surface area contributed by atoms with Gasteiger partial charge in [0.2, 0.25) is 5.95 Å². The van der Waals surface area contributed by atoms with E-state index in [0.717, 1.165) is 21.6 Å². The molecule has 3 aromatic heterocycles. The van der Waals surface area contributed by atoms with Gasteiger partial charge in [-0.1, -0.05) is 12.1 Å². The summed E-state index contributed by atoms with van der Waals surface area (Å²) in [6.45, 7) is 0.793. The number of methoxy groups -OCH3 is 1. The molecule has 1 N–H and O–H groups in total. The number of aryl methyl sites for hydroxylation is 1. The predicted octanol–water partition coefficient (Wildman–Crippen LogP) is 1.70. The molecule has 0 spiro atoms. The number of nitrogens with one attached hydrogen (secondary N) is 1. The van der Waals surface area contributed by atoms with Crippen molar-refractivity contribution >= 4 is 17.1 Å². The summed E-state index contributed by atoms with van der Waals surface area (Å²) in [4.78, 5) is 29.7. The van der Waals surface area contributed by atoms with Crippen LogP contribution in [-0.2, 0) is 27.2 Å². The Bertz CT molecular complexity index is 1260. The van der Waals surface area contributed by atoms with Crippen LogP contribution in [0.1, 0.15) is 11.3 Å². The van der Waals surface area contributed by atoms with Crippen molar-refractivity contribution in [2.75, 3.05) is 12.4 Å². The monoisotopic (exact) mass is 395 g/mol. The van der Waals surface area contributed by atoms with E-state index in [4.69, 9.17) is 9.15 Å². The minimum atomic E-state index is -0.422. The minimum absolute atomic E-state index is 0.327. The van der Waals surface area contributed by atoms with Crippen molar-refractivity contribution in [3.8, 4) is 5.75 Å². The Kier molecular flexibility index (Phi) is 4.71. The zero-order valence-corrected chi connectivity index (χ0v) is 16.4. The number of rotatable bonds is 6. The molecular weight excluding hydrogens is 374 g/mol. The van der Waals surface area contributed by atoms with Gasteiger partial charge in [-0.15, -0.1) is 0 Å².